The molecule has 1 aromatic heterocycles. The Balaban J connectivity index is 2.21. The van der Waals surface area contributed by atoms with E-state index < -0.39 is 5.97 Å². The van der Waals surface area contributed by atoms with Crippen molar-refractivity contribution in [3.63, 3.8) is 0 Å². The van der Waals surface area contributed by atoms with E-state index in [-0.39, 0.29) is 18.0 Å². The summed E-state index contributed by atoms with van der Waals surface area (Å²) in [6, 6.07) is 4.16. The van der Waals surface area contributed by atoms with Crippen LogP contribution in [0, 0.1) is 0 Å². The minimum absolute atomic E-state index is 0.199. The molecule has 0 aromatic carbocycles. The van der Waals surface area contributed by atoms with E-state index in [2.05, 4.69) is 18.9 Å². The first-order valence-corrected chi connectivity index (χ1v) is 8.34. The average molecular weight is 316 g/mol. The molecule has 5 heteroatoms. The van der Waals surface area contributed by atoms with Crippen molar-refractivity contribution >= 4 is 28.9 Å². The quantitative estimate of drug-likeness (QED) is 0.865. The number of nitrogens with zero attached hydrogens (tertiary/aromatic N) is 1. The van der Waals surface area contributed by atoms with Gasteiger partial charge in [-0.25, -0.2) is 0 Å². The Morgan fingerprint density at radius 3 is 2.60 bits per heavy atom. The van der Waals surface area contributed by atoms with Crippen molar-refractivity contribution in [1.82, 2.24) is 4.90 Å². The largest absolute Gasteiger partial charge is 0.481 e. The van der Waals surface area contributed by atoms with E-state index in [0.717, 1.165) is 30.0 Å². The van der Waals surface area contributed by atoms with Gasteiger partial charge in [0.05, 0.1) is 10.8 Å². The van der Waals surface area contributed by atoms with Crippen molar-refractivity contribution in [3.05, 3.63) is 21.3 Å². The summed E-state index contributed by atoms with van der Waals surface area (Å²) in [5, 5.41) is 9.29. The summed E-state index contributed by atoms with van der Waals surface area (Å²) in [4.78, 5) is 14.8. The molecule has 2 rings (SSSR count). The predicted octanol–water partition coefficient (Wildman–Crippen LogP) is 4.57. The lowest BCUT2D eigenvalue weighted by atomic mass is 9.77. The lowest BCUT2D eigenvalue weighted by Gasteiger charge is -2.46. The first-order chi connectivity index (χ1) is 9.44. The second-order valence-corrected chi connectivity index (χ2v) is 7.53. The molecule has 1 heterocycles. The van der Waals surface area contributed by atoms with Crippen LogP contribution in [0.15, 0.2) is 12.1 Å². The molecule has 1 aliphatic carbocycles. The Hall–Kier alpha value is -0.580. The smallest absolute Gasteiger partial charge is 0.305 e. The molecule has 1 fully saturated rings. The van der Waals surface area contributed by atoms with E-state index in [1.54, 1.807) is 11.3 Å². The average Bonchev–Trinajstić information content (AvgIpc) is 2.84. The molecule has 0 bridgehead atoms. The van der Waals surface area contributed by atoms with Gasteiger partial charge in [0, 0.05) is 16.5 Å². The van der Waals surface area contributed by atoms with Gasteiger partial charge >= 0.3 is 5.97 Å². The van der Waals surface area contributed by atoms with Crippen LogP contribution in [0.2, 0.25) is 4.34 Å². The van der Waals surface area contributed by atoms with Gasteiger partial charge in [-0.2, -0.15) is 0 Å². The molecule has 112 valence electrons. The van der Waals surface area contributed by atoms with E-state index in [9.17, 15) is 9.90 Å². The number of hydrogen-bond donors (Lipinski definition) is 1. The number of thiophene rings is 1. The first kappa shape index (κ1) is 15.8. The minimum atomic E-state index is -0.699. The molecule has 20 heavy (non-hydrogen) atoms. The molecule has 0 saturated heterocycles. The number of halogens is 1. The summed E-state index contributed by atoms with van der Waals surface area (Å²) in [5.41, 5.74) is -0.208. The van der Waals surface area contributed by atoms with Gasteiger partial charge in [0.25, 0.3) is 0 Å². The van der Waals surface area contributed by atoms with Crippen LogP contribution >= 0.6 is 22.9 Å². The summed E-state index contributed by atoms with van der Waals surface area (Å²) < 4.78 is 0.788. The Morgan fingerprint density at radius 1 is 1.45 bits per heavy atom. The van der Waals surface area contributed by atoms with Crippen LogP contribution < -0.4 is 0 Å². The van der Waals surface area contributed by atoms with Crippen LogP contribution in [0.1, 0.15) is 56.4 Å². The number of carbonyl (C=O) groups is 1. The molecule has 0 amide bonds. The molecule has 1 aliphatic rings. The molecule has 1 unspecified atom stereocenters. The van der Waals surface area contributed by atoms with E-state index in [4.69, 9.17) is 11.6 Å². The van der Waals surface area contributed by atoms with Crippen molar-refractivity contribution in [2.75, 3.05) is 7.05 Å². The maximum absolute atomic E-state index is 11.3. The Labute approximate surface area is 129 Å². The molecular formula is C15H22ClNO2S. The third-order valence-electron chi connectivity index (χ3n) is 4.60. The van der Waals surface area contributed by atoms with Crippen LogP contribution in [0.25, 0.3) is 0 Å². The second-order valence-electron chi connectivity index (χ2n) is 5.78. The Kier molecular flexibility index (Phi) is 5.10. The molecule has 0 spiro atoms. The summed E-state index contributed by atoms with van der Waals surface area (Å²) >= 11 is 7.60. The number of rotatable bonds is 5. The summed E-state index contributed by atoms with van der Waals surface area (Å²) in [5.74, 6) is -0.699. The molecule has 1 aromatic rings. The topological polar surface area (TPSA) is 40.5 Å². The van der Waals surface area contributed by atoms with Crippen LogP contribution in [0.5, 0.6) is 0 Å². The maximum atomic E-state index is 11.3. The van der Waals surface area contributed by atoms with Gasteiger partial charge in [0.2, 0.25) is 0 Å². The molecule has 0 aliphatic heterocycles. The van der Waals surface area contributed by atoms with Gasteiger partial charge in [-0.15, -0.1) is 11.3 Å². The van der Waals surface area contributed by atoms with E-state index in [1.165, 1.54) is 11.3 Å². The van der Waals surface area contributed by atoms with Crippen molar-refractivity contribution in [1.29, 1.82) is 0 Å². The van der Waals surface area contributed by atoms with Crippen LogP contribution in [-0.2, 0) is 4.79 Å². The molecular weight excluding hydrogens is 294 g/mol. The fraction of sp³-hybridized carbons (Fsp3) is 0.667. The minimum Gasteiger partial charge on any atom is -0.481 e. The Morgan fingerprint density at radius 2 is 2.10 bits per heavy atom. The van der Waals surface area contributed by atoms with Gasteiger partial charge in [0.15, 0.2) is 0 Å². The number of carboxylic acid groups (broad SMARTS) is 1. The predicted molar refractivity (Wildman–Crippen MR) is 83.6 cm³/mol. The van der Waals surface area contributed by atoms with E-state index >= 15 is 0 Å². The standard InChI is InChI=1S/C15H22ClNO2S/c1-11(12-6-7-13(16)20-12)17(2)15(10-14(18)19)8-4-3-5-9-15/h6-7,11H,3-5,8-10H2,1-2H3,(H,18,19). The highest BCUT2D eigenvalue weighted by Gasteiger charge is 2.40. The van der Waals surface area contributed by atoms with Crippen LogP contribution in [0.3, 0.4) is 0 Å². The number of hydrogen-bond acceptors (Lipinski definition) is 3. The van der Waals surface area contributed by atoms with Gasteiger partial charge in [-0.05, 0) is 38.9 Å². The zero-order chi connectivity index (χ0) is 14.8. The summed E-state index contributed by atoms with van der Waals surface area (Å²) in [6.07, 6.45) is 5.63. The highest BCUT2D eigenvalue weighted by atomic mass is 35.5. The number of aliphatic carboxylic acids is 1. The van der Waals surface area contributed by atoms with Crippen molar-refractivity contribution in [3.8, 4) is 0 Å². The van der Waals surface area contributed by atoms with Crippen LogP contribution in [-0.4, -0.2) is 28.6 Å². The normalized spacial score (nSPS) is 20.0. The van der Waals surface area contributed by atoms with E-state index in [0.29, 0.717) is 0 Å². The zero-order valence-corrected chi connectivity index (χ0v) is 13.6. The molecule has 0 radical (unpaired) electrons. The molecule has 3 nitrogen and oxygen atoms in total. The fourth-order valence-electron chi connectivity index (χ4n) is 3.30. The van der Waals surface area contributed by atoms with E-state index in [1.807, 2.05) is 12.1 Å². The molecule has 1 atom stereocenters. The first-order valence-electron chi connectivity index (χ1n) is 7.14. The van der Waals surface area contributed by atoms with Crippen molar-refractivity contribution < 1.29 is 9.90 Å². The van der Waals surface area contributed by atoms with Gasteiger partial charge in [-0.1, -0.05) is 30.9 Å². The second kappa shape index (κ2) is 6.46. The lowest BCUT2D eigenvalue weighted by Crippen LogP contribution is -2.50. The fourth-order valence-corrected chi connectivity index (χ4v) is 4.46. The zero-order valence-electron chi connectivity index (χ0n) is 12.1. The maximum Gasteiger partial charge on any atom is 0.305 e. The molecule has 1 N–H and O–H groups in total. The lowest BCUT2D eigenvalue weighted by molar-refractivity contribution is -0.141. The monoisotopic (exact) mass is 315 g/mol. The Bertz CT molecular complexity index is 468. The van der Waals surface area contributed by atoms with Gasteiger partial charge < -0.3 is 5.11 Å². The highest BCUT2D eigenvalue weighted by Crippen LogP contribution is 2.41. The highest BCUT2D eigenvalue weighted by molar-refractivity contribution is 7.16. The third-order valence-corrected chi connectivity index (χ3v) is 6.00. The SMILES string of the molecule is CC(c1ccc(Cl)s1)N(C)C1(CC(=O)O)CCCCC1. The third kappa shape index (κ3) is 3.35. The van der Waals surface area contributed by atoms with Crippen molar-refractivity contribution in [2.45, 2.75) is 57.0 Å². The van der Waals surface area contributed by atoms with Crippen molar-refractivity contribution in [2.24, 2.45) is 0 Å². The summed E-state index contributed by atoms with van der Waals surface area (Å²) in [6.45, 7) is 2.14. The summed E-state index contributed by atoms with van der Waals surface area (Å²) in [7, 11) is 2.06. The van der Waals surface area contributed by atoms with Gasteiger partial charge in [-0.3, -0.25) is 9.69 Å². The van der Waals surface area contributed by atoms with Gasteiger partial charge in [0.1, 0.15) is 0 Å². The molecule has 1 saturated carbocycles. The van der Waals surface area contributed by atoms with Crippen LogP contribution in [0.4, 0.5) is 0 Å². The number of carboxylic acids is 1.